The van der Waals surface area contributed by atoms with Crippen LogP contribution in [0.25, 0.3) is 0 Å². The van der Waals surface area contributed by atoms with Gasteiger partial charge in [0, 0.05) is 21.6 Å². The Bertz CT molecular complexity index is 344. The van der Waals surface area contributed by atoms with Crippen molar-refractivity contribution in [2.45, 2.75) is 0 Å². The predicted octanol–water partition coefficient (Wildman–Crippen LogP) is 0.552. The molecular weight excluding hydrogens is 240 g/mol. The average Bonchev–Trinajstić information content (AvgIpc) is 2.19. The second kappa shape index (κ2) is 8.16. The highest BCUT2D eigenvalue weighted by molar-refractivity contribution is 7.97. The smallest absolute Gasteiger partial charge is 0.191 e. The van der Waals surface area contributed by atoms with Crippen LogP contribution in [0, 0.1) is 0 Å². The summed E-state index contributed by atoms with van der Waals surface area (Å²) in [6.07, 6.45) is 0. The molecule has 0 aromatic rings. The van der Waals surface area contributed by atoms with E-state index in [2.05, 4.69) is 26.3 Å². The van der Waals surface area contributed by atoms with E-state index in [0.29, 0.717) is 0 Å². The minimum Gasteiger partial charge on any atom is -0.412 e. The summed E-state index contributed by atoms with van der Waals surface area (Å²) >= 11 is 0. The molecule has 0 heterocycles. The van der Waals surface area contributed by atoms with E-state index >= 15 is 0 Å². The Balaban J connectivity index is -0.000000180. The summed E-state index contributed by atoms with van der Waals surface area (Å²) < 4.78 is 40.5. The van der Waals surface area contributed by atoms with Crippen molar-refractivity contribution in [3.63, 3.8) is 0 Å². The van der Waals surface area contributed by atoms with Crippen LogP contribution in [0.5, 0.6) is 0 Å². The van der Waals surface area contributed by atoms with Crippen molar-refractivity contribution in [2.24, 2.45) is 0 Å². The van der Waals surface area contributed by atoms with Gasteiger partial charge in [-0.05, 0) is 0 Å². The summed E-state index contributed by atoms with van der Waals surface area (Å²) in [4.78, 5) is 0. The van der Waals surface area contributed by atoms with Gasteiger partial charge < -0.3 is 5.48 Å². The molecule has 0 aromatic heterocycles. The van der Waals surface area contributed by atoms with Crippen molar-refractivity contribution in [3.8, 4) is 0 Å². The standard InChI is InChI=1S/2C4H6O2S.H2O/c2*1-3-7(5,6)4-2;/h2*3-4H,1-2H2;1H2. The normalized spacial score (nSPS) is 9.60. The molecule has 0 aliphatic carbocycles. The summed E-state index contributed by atoms with van der Waals surface area (Å²) in [6.45, 7) is 12.2. The fourth-order valence-corrected chi connectivity index (χ4v) is 0.408. The summed E-state index contributed by atoms with van der Waals surface area (Å²) in [7, 11) is -6.26. The van der Waals surface area contributed by atoms with Gasteiger partial charge in [-0.1, -0.05) is 26.3 Å². The van der Waals surface area contributed by atoms with Gasteiger partial charge in [-0.25, -0.2) is 16.8 Å². The minimum atomic E-state index is -3.13. The molecule has 0 spiro atoms. The Hall–Kier alpha value is -1.18. The van der Waals surface area contributed by atoms with Crippen LogP contribution in [0.2, 0.25) is 0 Å². The van der Waals surface area contributed by atoms with Crippen LogP contribution in [-0.2, 0) is 19.7 Å². The Morgan fingerprint density at radius 2 is 0.733 bits per heavy atom. The number of hydrogen-bond donors (Lipinski definition) is 0. The molecule has 0 aliphatic heterocycles. The molecule has 2 N–H and O–H groups in total. The molecule has 0 atom stereocenters. The van der Waals surface area contributed by atoms with Crippen LogP contribution in [0.3, 0.4) is 0 Å². The van der Waals surface area contributed by atoms with Crippen LogP contribution < -0.4 is 0 Å². The van der Waals surface area contributed by atoms with Gasteiger partial charge in [0.2, 0.25) is 0 Å². The molecule has 0 aromatic carbocycles. The topological polar surface area (TPSA) is 99.8 Å². The average molecular weight is 254 g/mol. The third kappa shape index (κ3) is 12.8. The van der Waals surface area contributed by atoms with E-state index < -0.39 is 19.7 Å². The van der Waals surface area contributed by atoms with Gasteiger partial charge in [0.05, 0.1) is 0 Å². The second-order valence-electron chi connectivity index (χ2n) is 1.84. The van der Waals surface area contributed by atoms with Crippen molar-refractivity contribution in [3.05, 3.63) is 47.9 Å². The maximum absolute atomic E-state index is 10.1. The van der Waals surface area contributed by atoms with E-state index in [0.717, 1.165) is 21.6 Å². The quantitative estimate of drug-likeness (QED) is 0.731. The Morgan fingerprint density at radius 1 is 0.600 bits per heavy atom. The molecule has 15 heavy (non-hydrogen) atoms. The van der Waals surface area contributed by atoms with Crippen molar-refractivity contribution in [2.75, 3.05) is 0 Å². The Labute approximate surface area is 90.3 Å². The zero-order valence-corrected chi connectivity index (χ0v) is 9.72. The van der Waals surface area contributed by atoms with Gasteiger partial charge >= 0.3 is 0 Å². The molecule has 0 aliphatic rings. The van der Waals surface area contributed by atoms with Crippen LogP contribution in [-0.4, -0.2) is 22.3 Å². The molecule has 0 saturated carbocycles. The molecule has 0 amide bonds. The molecule has 0 rings (SSSR count). The summed E-state index contributed by atoms with van der Waals surface area (Å²) in [5, 5.41) is 3.39. The molecule has 7 heteroatoms. The van der Waals surface area contributed by atoms with E-state index in [4.69, 9.17) is 0 Å². The van der Waals surface area contributed by atoms with Crippen LogP contribution in [0.4, 0.5) is 0 Å². The van der Waals surface area contributed by atoms with Crippen LogP contribution >= 0.6 is 0 Å². The largest absolute Gasteiger partial charge is 0.412 e. The summed E-state index contributed by atoms with van der Waals surface area (Å²) in [6, 6.07) is 0. The number of rotatable bonds is 4. The lowest BCUT2D eigenvalue weighted by Crippen LogP contribution is -1.83. The summed E-state index contributed by atoms with van der Waals surface area (Å²) in [5.41, 5.74) is 0. The van der Waals surface area contributed by atoms with Crippen LogP contribution in [0.1, 0.15) is 0 Å². The zero-order chi connectivity index (χ0) is 11.8. The number of hydrogen-bond acceptors (Lipinski definition) is 4. The molecule has 0 unspecified atom stereocenters. The Morgan fingerprint density at radius 3 is 0.733 bits per heavy atom. The Kier molecular flexibility index (Phi) is 10.5. The third-order valence-electron chi connectivity index (χ3n) is 0.929. The first-order valence-electron chi connectivity index (χ1n) is 3.24. The highest BCUT2D eigenvalue weighted by Crippen LogP contribution is 1.87. The minimum absolute atomic E-state index is 0. The zero-order valence-electron chi connectivity index (χ0n) is 8.09. The van der Waals surface area contributed by atoms with Crippen molar-refractivity contribution < 1.29 is 22.3 Å². The third-order valence-corrected chi connectivity index (χ3v) is 2.79. The van der Waals surface area contributed by atoms with Gasteiger partial charge in [-0.2, -0.15) is 0 Å². The number of sulfone groups is 2. The molecule has 88 valence electrons. The lowest BCUT2D eigenvalue weighted by atomic mass is 11.3. The van der Waals surface area contributed by atoms with Crippen molar-refractivity contribution in [1.82, 2.24) is 0 Å². The molecule has 5 nitrogen and oxygen atoms in total. The van der Waals surface area contributed by atoms with Gasteiger partial charge in [-0.15, -0.1) is 0 Å². The van der Waals surface area contributed by atoms with Gasteiger partial charge in [0.15, 0.2) is 19.7 Å². The van der Waals surface area contributed by atoms with E-state index in [9.17, 15) is 16.8 Å². The summed E-state index contributed by atoms with van der Waals surface area (Å²) in [5.74, 6) is 0. The molecule has 0 bridgehead atoms. The van der Waals surface area contributed by atoms with Crippen molar-refractivity contribution >= 4 is 19.7 Å². The van der Waals surface area contributed by atoms with E-state index in [1.165, 1.54) is 0 Å². The first kappa shape index (κ1) is 19.4. The van der Waals surface area contributed by atoms with E-state index in [-0.39, 0.29) is 5.48 Å². The van der Waals surface area contributed by atoms with E-state index in [1.54, 1.807) is 0 Å². The first-order valence-corrected chi connectivity index (χ1v) is 6.46. The molecule has 0 radical (unpaired) electrons. The van der Waals surface area contributed by atoms with E-state index in [1.807, 2.05) is 0 Å². The first-order chi connectivity index (χ1) is 6.24. The van der Waals surface area contributed by atoms with Gasteiger partial charge in [0.25, 0.3) is 0 Å². The second-order valence-corrected chi connectivity index (χ2v) is 5.53. The maximum atomic E-state index is 10.1. The lowest BCUT2D eigenvalue weighted by Gasteiger charge is -1.78. The maximum Gasteiger partial charge on any atom is 0.191 e. The molecule has 0 fully saturated rings. The molecular formula is C8H14O5S2. The lowest BCUT2D eigenvalue weighted by molar-refractivity contribution is 0.611. The highest BCUT2D eigenvalue weighted by Gasteiger charge is 1.91. The van der Waals surface area contributed by atoms with Gasteiger partial charge in [-0.3, -0.25) is 0 Å². The fourth-order valence-electron chi connectivity index (χ4n) is 0.136. The highest BCUT2D eigenvalue weighted by atomic mass is 32.2. The SMILES string of the molecule is C=CS(=O)(=O)C=C.C=CS(=O)(=O)C=C.O. The van der Waals surface area contributed by atoms with Gasteiger partial charge in [0.1, 0.15) is 0 Å². The molecule has 0 saturated heterocycles. The predicted molar refractivity (Wildman–Crippen MR) is 62.2 cm³/mol. The van der Waals surface area contributed by atoms with Crippen molar-refractivity contribution in [1.29, 1.82) is 0 Å². The monoisotopic (exact) mass is 254 g/mol. The fraction of sp³-hybridized carbons (Fsp3) is 0. The van der Waals surface area contributed by atoms with Crippen LogP contribution in [0.15, 0.2) is 47.9 Å².